The molecule has 0 rings (SSSR count). The van der Waals surface area contributed by atoms with E-state index in [0.717, 1.165) is 0 Å². The summed E-state index contributed by atoms with van der Waals surface area (Å²) >= 11 is 0. The Bertz CT molecular complexity index is 8.92. The van der Waals surface area contributed by atoms with Gasteiger partial charge in [0.25, 0.3) is 0 Å². The summed E-state index contributed by atoms with van der Waals surface area (Å²) in [5, 5.41) is 0. The second kappa shape index (κ2) is 126. The summed E-state index contributed by atoms with van der Waals surface area (Å²) in [7, 11) is 0. The summed E-state index contributed by atoms with van der Waals surface area (Å²) in [6.45, 7) is 0. The van der Waals surface area contributed by atoms with Gasteiger partial charge in [0.15, 0.2) is 0 Å². The van der Waals surface area contributed by atoms with Crippen molar-refractivity contribution in [1.29, 1.82) is 0 Å². The first kappa shape index (κ1) is 167. The molecule has 0 aliphatic carbocycles. The van der Waals surface area contributed by atoms with Crippen LogP contribution in [0.4, 0.5) is 0 Å². The van der Waals surface area contributed by atoms with E-state index in [4.69, 9.17) is 0 Å². The van der Waals surface area contributed by atoms with Gasteiger partial charge >= 0.3 is 0 Å². The summed E-state index contributed by atoms with van der Waals surface area (Å²) in [6.07, 6.45) is 0. The van der Waals surface area contributed by atoms with Gasteiger partial charge in [0.1, 0.15) is 0 Å². The zero-order chi connectivity index (χ0) is 0. The minimum absolute atomic E-state index is 0. The van der Waals surface area contributed by atoms with Gasteiger partial charge in [-0.3, -0.25) is 0 Å². The molecule has 0 nitrogen and oxygen atoms in total. The van der Waals surface area contributed by atoms with Crippen LogP contribution in [0.25, 0.3) is 0 Å². The fourth-order valence-electron chi connectivity index (χ4n) is 0. The van der Waals surface area contributed by atoms with Crippen molar-refractivity contribution >= 4 is 0 Å². The molecule has 0 saturated carbocycles. The molecule has 0 aliphatic rings. The van der Waals surface area contributed by atoms with Crippen LogP contribution in [-0.2, 0) is 92.8 Å². The van der Waals surface area contributed by atoms with Crippen LogP contribution < -0.4 is 0 Å². The van der Waals surface area contributed by atoms with Gasteiger partial charge < -0.3 is 0 Å². The molecule has 5 heteroatoms. The van der Waals surface area contributed by atoms with Crippen molar-refractivity contribution in [2.75, 3.05) is 0 Å². The molecular formula is C4H16V5. The van der Waals surface area contributed by atoms with Crippen molar-refractivity contribution in [1.82, 2.24) is 0 Å². The molecule has 9 heavy (non-hydrogen) atoms. The molecule has 0 amide bonds. The smallest absolute Gasteiger partial charge is 0 e. The third kappa shape index (κ3) is 102. The molecular weight excluding hydrogens is 303 g/mol. The molecule has 5 radical (unpaired) electrons. The Hall–Kier alpha value is 2.92. The standard InChI is InChI=1S/4CH4.5V/h4*1H4;;;;;. The van der Waals surface area contributed by atoms with Crippen molar-refractivity contribution in [2.24, 2.45) is 0 Å². The van der Waals surface area contributed by atoms with Crippen LogP contribution in [0.1, 0.15) is 29.7 Å². The van der Waals surface area contributed by atoms with E-state index < -0.39 is 0 Å². The molecule has 57 valence electrons. The van der Waals surface area contributed by atoms with E-state index in [1.165, 1.54) is 0 Å². The van der Waals surface area contributed by atoms with Crippen molar-refractivity contribution in [2.45, 2.75) is 29.7 Å². The van der Waals surface area contributed by atoms with Gasteiger partial charge in [0.2, 0.25) is 0 Å². The van der Waals surface area contributed by atoms with Crippen molar-refractivity contribution < 1.29 is 92.8 Å². The zero-order valence-electron chi connectivity index (χ0n) is 2.24. The van der Waals surface area contributed by atoms with Gasteiger partial charge in [-0.1, -0.05) is 29.7 Å². The predicted molar refractivity (Wildman–Crippen MR) is 26.9 cm³/mol. The predicted octanol–water partition coefficient (Wildman–Crippen LogP) is 2.53. The van der Waals surface area contributed by atoms with Gasteiger partial charge in [-0.05, 0) is 0 Å². The van der Waals surface area contributed by atoms with E-state index in [1.807, 2.05) is 0 Å². The Balaban J connectivity index is 0. The molecule has 0 N–H and O–H groups in total. The zero-order valence-corrected chi connectivity index (χ0v) is 9.22. The molecule has 0 bridgehead atoms. The molecule has 0 aromatic carbocycles. The average Bonchev–Trinajstić information content (AvgIpc) is 0. The fourth-order valence-corrected chi connectivity index (χ4v) is 0. The Morgan fingerprint density at radius 3 is 0.222 bits per heavy atom. The maximum atomic E-state index is 0. The van der Waals surface area contributed by atoms with E-state index in [9.17, 15) is 0 Å². The van der Waals surface area contributed by atoms with Crippen LogP contribution in [0.2, 0.25) is 0 Å². The summed E-state index contributed by atoms with van der Waals surface area (Å²) in [6, 6.07) is 0. The Morgan fingerprint density at radius 2 is 0.222 bits per heavy atom. The quantitative estimate of drug-likeness (QED) is 0.644. The van der Waals surface area contributed by atoms with Gasteiger partial charge in [-0.15, -0.1) is 0 Å². The van der Waals surface area contributed by atoms with Crippen molar-refractivity contribution in [3.63, 3.8) is 0 Å². The largest absolute Gasteiger partial charge is 0.0776 e. The Labute approximate surface area is 121 Å². The van der Waals surface area contributed by atoms with Crippen LogP contribution in [-0.4, -0.2) is 0 Å². The van der Waals surface area contributed by atoms with E-state index in [-0.39, 0.29) is 122 Å². The van der Waals surface area contributed by atoms with Crippen LogP contribution in [0.5, 0.6) is 0 Å². The first-order valence-electron chi connectivity index (χ1n) is 0. The Kier molecular flexibility index (Phi) is 2330. The molecule has 0 atom stereocenters. The number of rotatable bonds is 0. The van der Waals surface area contributed by atoms with Crippen LogP contribution in [0, 0.1) is 0 Å². The van der Waals surface area contributed by atoms with Gasteiger partial charge in [0.05, 0.1) is 0 Å². The van der Waals surface area contributed by atoms with Crippen LogP contribution in [0.15, 0.2) is 0 Å². The molecule has 0 spiro atoms. The summed E-state index contributed by atoms with van der Waals surface area (Å²) in [5.41, 5.74) is 0. The molecule has 0 heterocycles. The molecule has 0 fully saturated rings. The number of hydrogen-bond acceptors (Lipinski definition) is 0. The van der Waals surface area contributed by atoms with E-state index in [1.54, 1.807) is 0 Å². The minimum Gasteiger partial charge on any atom is -0.0776 e. The Morgan fingerprint density at radius 1 is 0.222 bits per heavy atom. The third-order valence-electron chi connectivity index (χ3n) is 0. The van der Waals surface area contributed by atoms with E-state index >= 15 is 0 Å². The first-order valence-corrected chi connectivity index (χ1v) is 0. The van der Waals surface area contributed by atoms with Crippen LogP contribution in [0.3, 0.4) is 0 Å². The van der Waals surface area contributed by atoms with Gasteiger partial charge in [-0.2, -0.15) is 0 Å². The monoisotopic (exact) mass is 319 g/mol. The van der Waals surface area contributed by atoms with Gasteiger partial charge in [-0.25, -0.2) is 0 Å². The van der Waals surface area contributed by atoms with E-state index in [2.05, 4.69) is 0 Å². The average molecular weight is 319 g/mol. The summed E-state index contributed by atoms with van der Waals surface area (Å²) in [4.78, 5) is 0. The summed E-state index contributed by atoms with van der Waals surface area (Å²) in [5.74, 6) is 0. The maximum absolute atomic E-state index is 0. The molecule has 0 aromatic heterocycles. The van der Waals surface area contributed by atoms with Crippen LogP contribution >= 0.6 is 0 Å². The third-order valence-corrected chi connectivity index (χ3v) is 0. The molecule has 0 saturated heterocycles. The topological polar surface area (TPSA) is 0 Å². The molecule has 0 aliphatic heterocycles. The maximum Gasteiger partial charge on any atom is 0 e. The molecule has 0 unspecified atom stereocenters. The van der Waals surface area contributed by atoms with Crippen molar-refractivity contribution in [3.8, 4) is 0 Å². The van der Waals surface area contributed by atoms with Gasteiger partial charge in [0, 0.05) is 92.8 Å². The molecule has 0 aromatic rings. The SMILES string of the molecule is C.C.C.C.[V].[V].[V].[V].[V]. The van der Waals surface area contributed by atoms with Crippen molar-refractivity contribution in [3.05, 3.63) is 0 Å². The second-order valence-corrected chi connectivity index (χ2v) is 0. The minimum atomic E-state index is 0. The first-order chi connectivity index (χ1) is 0. The summed E-state index contributed by atoms with van der Waals surface area (Å²) < 4.78 is 0. The number of hydrogen-bond donors (Lipinski definition) is 0. The second-order valence-electron chi connectivity index (χ2n) is 0. The fraction of sp³-hybridized carbons (Fsp3) is 1.00. The van der Waals surface area contributed by atoms with E-state index in [0.29, 0.717) is 0 Å². The normalized spacial score (nSPS) is 0.